The van der Waals surface area contributed by atoms with Gasteiger partial charge in [0.25, 0.3) is 5.91 Å². The van der Waals surface area contributed by atoms with Gasteiger partial charge in [0.15, 0.2) is 11.4 Å². The zero-order chi connectivity index (χ0) is 32.6. The van der Waals surface area contributed by atoms with E-state index in [4.69, 9.17) is 5.73 Å². The second kappa shape index (κ2) is 10.3. The molecule has 0 unspecified atom stereocenters. The van der Waals surface area contributed by atoms with E-state index in [-0.39, 0.29) is 11.1 Å². The van der Waals surface area contributed by atoms with Crippen LogP contribution in [-0.2, 0) is 20.6 Å². The molecule has 0 spiro atoms. The number of carbonyl (C=O) groups is 3. The summed E-state index contributed by atoms with van der Waals surface area (Å²) in [5.41, 5.74) is 0.530. The summed E-state index contributed by atoms with van der Waals surface area (Å²) in [6.07, 6.45) is -3.41. The molecule has 0 bridgehead atoms. The number of nitrogens with zero attached hydrogens (tertiary/aromatic N) is 1. The Kier molecular flexibility index (Phi) is 7.27. The van der Waals surface area contributed by atoms with Crippen molar-refractivity contribution in [1.29, 1.82) is 0 Å². The molecule has 1 fully saturated rings. The first kappa shape index (κ1) is 31.0. The summed E-state index contributed by atoms with van der Waals surface area (Å²) in [4.78, 5) is 40.7. The van der Waals surface area contributed by atoms with Crippen LogP contribution >= 0.6 is 0 Å². The number of carbonyl (C=O) groups excluding carboxylic acids is 3. The Hall–Kier alpha value is -4.46. The molecule has 10 nitrogen and oxygen atoms in total. The van der Waals surface area contributed by atoms with Crippen molar-refractivity contribution < 1.29 is 53.1 Å². The number of benzene rings is 2. The third-order valence-electron chi connectivity index (χ3n) is 8.85. The number of aliphatic hydroxyl groups excluding tert-OH is 3. The van der Waals surface area contributed by atoms with E-state index in [1.54, 1.807) is 6.92 Å². The minimum atomic E-state index is -4.51. The number of Topliss-reactive ketones (excluding diaryl/α,β-unsaturated/α-hetero) is 2. The van der Waals surface area contributed by atoms with Gasteiger partial charge in [-0.05, 0) is 43.3 Å². The van der Waals surface area contributed by atoms with Gasteiger partial charge in [0.2, 0.25) is 5.78 Å². The fourth-order valence-corrected chi connectivity index (χ4v) is 6.74. The SMILES string of the molecule is C[C@H]1c2ccc(/C=C/c3ccc(C(F)(F)F)cc3)c(O)c2C(O)=C2C(=O)[C@]3(O)C(O)=C(C(N)=O)C(=O)[C@@H](N(C)C)[C@@H]3[C@@H](O)[C@@H]21. The van der Waals surface area contributed by atoms with E-state index in [2.05, 4.69) is 0 Å². The van der Waals surface area contributed by atoms with Gasteiger partial charge in [-0.3, -0.25) is 19.3 Å². The third kappa shape index (κ3) is 4.33. The van der Waals surface area contributed by atoms with Gasteiger partial charge in [-0.1, -0.05) is 43.3 Å². The number of aliphatic hydroxyl groups is 4. The molecule has 232 valence electrons. The summed E-state index contributed by atoms with van der Waals surface area (Å²) in [6.45, 7) is 1.60. The van der Waals surface area contributed by atoms with Crippen LogP contribution in [0.1, 0.15) is 40.7 Å². The number of primary amides is 1. The number of aromatic hydroxyl groups is 1. The summed E-state index contributed by atoms with van der Waals surface area (Å²) in [5, 5.41) is 57.0. The lowest BCUT2D eigenvalue weighted by atomic mass is 9.54. The zero-order valence-corrected chi connectivity index (χ0v) is 23.6. The Morgan fingerprint density at radius 2 is 1.64 bits per heavy atom. The lowest BCUT2D eigenvalue weighted by molar-refractivity contribution is -0.169. The summed E-state index contributed by atoms with van der Waals surface area (Å²) in [5.74, 6) is -9.96. The van der Waals surface area contributed by atoms with E-state index in [0.717, 1.165) is 12.1 Å². The number of phenolic OH excluding ortho intramolecular Hbond substituents is 1. The number of amides is 1. The highest BCUT2D eigenvalue weighted by Crippen LogP contribution is 2.56. The predicted octanol–water partition coefficient (Wildman–Crippen LogP) is 2.69. The number of phenols is 1. The molecule has 13 heteroatoms. The lowest BCUT2D eigenvalue weighted by Crippen LogP contribution is -2.70. The molecule has 0 aliphatic heterocycles. The highest BCUT2D eigenvalue weighted by molar-refractivity contribution is 6.24. The molecule has 0 saturated heterocycles. The van der Waals surface area contributed by atoms with Gasteiger partial charge in [-0.25, -0.2) is 0 Å². The Bertz CT molecular complexity index is 1690. The highest BCUT2D eigenvalue weighted by Gasteiger charge is 2.68. The fourth-order valence-electron chi connectivity index (χ4n) is 6.74. The van der Waals surface area contributed by atoms with Crippen LogP contribution in [0.15, 0.2) is 53.3 Å². The second-order valence-electron chi connectivity index (χ2n) is 11.5. The minimum absolute atomic E-state index is 0.122. The first-order valence-corrected chi connectivity index (χ1v) is 13.5. The van der Waals surface area contributed by atoms with Crippen molar-refractivity contribution in [2.24, 2.45) is 17.6 Å². The third-order valence-corrected chi connectivity index (χ3v) is 8.85. The summed E-state index contributed by atoms with van der Waals surface area (Å²) < 4.78 is 38.7. The van der Waals surface area contributed by atoms with Crippen molar-refractivity contribution in [3.63, 3.8) is 0 Å². The van der Waals surface area contributed by atoms with Gasteiger partial charge in [-0.15, -0.1) is 0 Å². The number of hydrogen-bond acceptors (Lipinski definition) is 9. The largest absolute Gasteiger partial charge is 0.508 e. The number of halogens is 3. The smallest absolute Gasteiger partial charge is 0.416 e. The van der Waals surface area contributed by atoms with Crippen molar-refractivity contribution in [1.82, 2.24) is 4.90 Å². The molecule has 0 radical (unpaired) electrons. The lowest BCUT2D eigenvalue weighted by Gasteiger charge is -2.53. The second-order valence-corrected chi connectivity index (χ2v) is 11.5. The van der Waals surface area contributed by atoms with Crippen molar-refractivity contribution in [2.45, 2.75) is 36.8 Å². The molecule has 7 N–H and O–H groups in total. The number of likely N-dealkylation sites (N-methyl/N-ethyl adjacent to an activating group) is 1. The van der Waals surface area contributed by atoms with Gasteiger partial charge in [0.05, 0.1) is 29.2 Å². The van der Waals surface area contributed by atoms with Crippen LogP contribution in [0.25, 0.3) is 17.9 Å². The highest BCUT2D eigenvalue weighted by atomic mass is 19.4. The average molecular weight is 615 g/mol. The van der Waals surface area contributed by atoms with Crippen molar-refractivity contribution >= 4 is 35.4 Å². The molecule has 1 amide bonds. The van der Waals surface area contributed by atoms with Crippen molar-refractivity contribution in [3.05, 3.63) is 81.1 Å². The molecule has 1 saturated carbocycles. The number of rotatable bonds is 4. The topological polar surface area (TPSA) is 182 Å². The summed E-state index contributed by atoms with van der Waals surface area (Å²) in [7, 11) is 2.84. The Morgan fingerprint density at radius 3 is 2.18 bits per heavy atom. The molecule has 2 aromatic carbocycles. The van der Waals surface area contributed by atoms with Crippen LogP contribution in [0, 0.1) is 11.8 Å². The van der Waals surface area contributed by atoms with E-state index < -0.39 is 93.1 Å². The van der Waals surface area contributed by atoms with Crippen LogP contribution in [0.4, 0.5) is 13.2 Å². The first-order chi connectivity index (χ1) is 20.4. The Labute approximate surface area is 248 Å². The van der Waals surface area contributed by atoms with Gasteiger partial charge < -0.3 is 31.3 Å². The normalized spacial score (nSPS) is 28.8. The maximum atomic E-state index is 14.1. The molecular formula is C31H29F3N2O8. The molecule has 3 aliphatic carbocycles. The van der Waals surface area contributed by atoms with E-state index in [9.17, 15) is 53.1 Å². The van der Waals surface area contributed by atoms with Crippen LogP contribution in [0.5, 0.6) is 5.75 Å². The first-order valence-electron chi connectivity index (χ1n) is 13.5. The Balaban J connectivity index is 1.64. The predicted molar refractivity (Wildman–Crippen MR) is 151 cm³/mol. The van der Waals surface area contributed by atoms with E-state index >= 15 is 0 Å². The summed E-state index contributed by atoms with van der Waals surface area (Å²) in [6, 6.07) is 5.82. The number of fused-ring (bicyclic) bond motifs is 3. The number of alkyl halides is 3. The molecule has 3 aliphatic rings. The quantitative estimate of drug-likeness (QED) is 0.223. The average Bonchev–Trinajstić information content (AvgIpc) is 2.93. The monoisotopic (exact) mass is 614 g/mol. The maximum Gasteiger partial charge on any atom is 0.416 e. The van der Waals surface area contributed by atoms with E-state index in [1.165, 1.54) is 55.4 Å². The van der Waals surface area contributed by atoms with Crippen LogP contribution in [-0.4, -0.2) is 79.7 Å². The van der Waals surface area contributed by atoms with Crippen molar-refractivity contribution in [3.8, 4) is 5.75 Å². The van der Waals surface area contributed by atoms with Crippen LogP contribution in [0.3, 0.4) is 0 Å². The van der Waals surface area contributed by atoms with Crippen LogP contribution in [0.2, 0.25) is 0 Å². The van der Waals surface area contributed by atoms with E-state index in [0.29, 0.717) is 11.1 Å². The molecular weight excluding hydrogens is 585 g/mol. The summed E-state index contributed by atoms with van der Waals surface area (Å²) >= 11 is 0. The van der Waals surface area contributed by atoms with Gasteiger partial charge in [0.1, 0.15) is 22.8 Å². The van der Waals surface area contributed by atoms with Gasteiger partial charge in [0, 0.05) is 17.1 Å². The molecule has 6 atom stereocenters. The Morgan fingerprint density at radius 1 is 1.02 bits per heavy atom. The fraction of sp³-hybridized carbons (Fsp3) is 0.323. The van der Waals surface area contributed by atoms with Gasteiger partial charge >= 0.3 is 6.18 Å². The minimum Gasteiger partial charge on any atom is -0.508 e. The molecule has 2 aromatic rings. The van der Waals surface area contributed by atoms with Crippen LogP contribution < -0.4 is 5.73 Å². The number of hydrogen-bond donors (Lipinski definition) is 6. The number of nitrogens with two attached hydrogens (primary N) is 1. The van der Waals surface area contributed by atoms with Crippen molar-refractivity contribution in [2.75, 3.05) is 14.1 Å². The molecule has 0 heterocycles. The molecule has 5 rings (SSSR count). The standard InChI is InChI=1S/C31H29F3N2O8/c1-12-16-11-8-14(7-4-13-5-9-15(10-6-13)31(32,33)34)23(37)18(16)24(38)19-17(12)25(39)21-22(36(2)3)26(40)20(29(35)43)28(42)30(21,44)27(19)41/h4-12,17,21-22,25,37-39,42,44H,1-3H3,(H2,35,43)/b7-4+/t12-,17+,21+,22-,25-,30-/m0/s1. The number of ketones is 2. The maximum absolute atomic E-state index is 14.1. The zero-order valence-electron chi connectivity index (χ0n) is 23.6. The van der Waals surface area contributed by atoms with E-state index in [1.807, 2.05) is 0 Å². The van der Waals surface area contributed by atoms with Gasteiger partial charge in [-0.2, -0.15) is 13.2 Å². The molecule has 0 aromatic heterocycles. The molecule has 44 heavy (non-hydrogen) atoms.